The number of benzene rings is 1. The largest absolute Gasteiger partial charge is 0.362 e. The molecule has 4 aliphatic rings. The Morgan fingerprint density at radius 1 is 1.00 bits per heavy atom. The van der Waals surface area contributed by atoms with E-state index in [1.54, 1.807) is 24.3 Å². The fraction of sp³-hybridized carbons (Fsp3) is 0.444. The highest BCUT2D eigenvalue weighted by atomic mass is 32.2. The third-order valence-electron chi connectivity index (χ3n) is 6.07. The highest BCUT2D eigenvalue weighted by molar-refractivity contribution is 7.93. The second-order valence-electron chi connectivity index (χ2n) is 7.22. The van der Waals surface area contributed by atoms with Crippen molar-refractivity contribution in [3.05, 3.63) is 54.6 Å². The van der Waals surface area contributed by atoms with Crippen LogP contribution in [0.3, 0.4) is 0 Å². The summed E-state index contributed by atoms with van der Waals surface area (Å²) in [7, 11) is -3.65. The van der Waals surface area contributed by atoms with Gasteiger partial charge >= 0.3 is 0 Å². The van der Waals surface area contributed by atoms with E-state index in [4.69, 9.17) is 9.47 Å². The van der Waals surface area contributed by atoms with Gasteiger partial charge in [0, 0.05) is 5.92 Å². The van der Waals surface area contributed by atoms with Gasteiger partial charge in [-0.3, -0.25) is 0 Å². The number of hydrogen-bond acceptors (Lipinski definition) is 4. The van der Waals surface area contributed by atoms with Crippen molar-refractivity contribution >= 4 is 9.84 Å². The number of rotatable bonds is 2. The Morgan fingerprint density at radius 2 is 1.74 bits per heavy atom. The van der Waals surface area contributed by atoms with Gasteiger partial charge in [0.25, 0.3) is 0 Å². The molecule has 1 aromatic carbocycles. The minimum Gasteiger partial charge on any atom is -0.362 e. The first-order chi connectivity index (χ1) is 10.9. The third-order valence-corrected chi connectivity index (χ3v) is 8.75. The van der Waals surface area contributed by atoms with Gasteiger partial charge in [0.2, 0.25) is 0 Å². The molecule has 2 saturated heterocycles. The first kappa shape index (κ1) is 14.0. The fourth-order valence-corrected chi connectivity index (χ4v) is 7.92. The lowest BCUT2D eigenvalue weighted by atomic mass is 9.66. The Morgan fingerprint density at radius 3 is 2.48 bits per heavy atom. The van der Waals surface area contributed by atoms with Crippen LogP contribution in [0.25, 0.3) is 0 Å². The first-order valence-electron chi connectivity index (χ1n) is 7.89. The van der Waals surface area contributed by atoms with Gasteiger partial charge in [-0.2, -0.15) is 0 Å². The molecule has 4 bridgehead atoms. The van der Waals surface area contributed by atoms with Gasteiger partial charge < -0.3 is 9.47 Å². The average Bonchev–Trinajstić information content (AvgIpc) is 3.23. The van der Waals surface area contributed by atoms with Crippen LogP contribution in [0.5, 0.6) is 0 Å². The molecule has 0 amide bonds. The Kier molecular flexibility index (Phi) is 2.30. The standard InChI is InChI=1S/C18H18O4S/c1-16-10-9-14(22-16)18(15(16)13-8-11-17(18,2)21-13)23(19,20)12-6-4-3-5-7-12/h3-11,13-15H,1-2H3/t13-,14+,15+,16-,17+,18+/m1/s1. The van der Waals surface area contributed by atoms with Gasteiger partial charge in [0.05, 0.1) is 16.6 Å². The predicted molar refractivity (Wildman–Crippen MR) is 84.7 cm³/mol. The smallest absolute Gasteiger partial charge is 0.190 e. The second kappa shape index (κ2) is 3.79. The van der Waals surface area contributed by atoms with Crippen LogP contribution < -0.4 is 0 Å². The van der Waals surface area contributed by atoms with Crippen LogP contribution in [-0.2, 0) is 19.3 Å². The molecule has 1 aromatic rings. The van der Waals surface area contributed by atoms with E-state index in [0.29, 0.717) is 4.90 Å². The molecule has 0 unspecified atom stereocenters. The molecular weight excluding hydrogens is 312 g/mol. The summed E-state index contributed by atoms with van der Waals surface area (Å²) in [6.45, 7) is 3.85. The van der Waals surface area contributed by atoms with Crippen LogP contribution in [0.15, 0.2) is 59.5 Å². The van der Waals surface area contributed by atoms with Crippen molar-refractivity contribution in [2.75, 3.05) is 0 Å². The van der Waals surface area contributed by atoms with E-state index >= 15 is 0 Å². The van der Waals surface area contributed by atoms with E-state index in [2.05, 4.69) is 0 Å². The lowest BCUT2D eigenvalue weighted by molar-refractivity contribution is -0.0463. The molecule has 5 heteroatoms. The van der Waals surface area contributed by atoms with Crippen LogP contribution in [-0.4, -0.2) is 36.6 Å². The Hall–Kier alpha value is -1.43. The number of fused-ring (bicyclic) bond motifs is 9. The van der Waals surface area contributed by atoms with Crippen LogP contribution >= 0.6 is 0 Å². The third kappa shape index (κ3) is 1.28. The lowest BCUT2D eigenvalue weighted by Gasteiger charge is -2.44. The Labute approximate surface area is 135 Å². The maximum absolute atomic E-state index is 13.7. The molecule has 2 fully saturated rings. The van der Waals surface area contributed by atoms with E-state index < -0.39 is 31.9 Å². The molecular formula is C18H18O4S. The van der Waals surface area contributed by atoms with Crippen LogP contribution in [0.4, 0.5) is 0 Å². The molecule has 5 rings (SSSR count). The summed E-state index contributed by atoms with van der Waals surface area (Å²) in [6.07, 6.45) is 7.10. The molecule has 0 spiro atoms. The maximum atomic E-state index is 13.7. The molecule has 0 saturated carbocycles. The highest BCUT2D eigenvalue weighted by Crippen LogP contribution is 2.67. The minimum absolute atomic E-state index is 0.224. The van der Waals surface area contributed by atoms with Crippen molar-refractivity contribution in [2.24, 2.45) is 5.92 Å². The van der Waals surface area contributed by atoms with Crippen molar-refractivity contribution in [3.63, 3.8) is 0 Å². The molecule has 0 aromatic heterocycles. The van der Waals surface area contributed by atoms with E-state index in [9.17, 15) is 8.42 Å². The van der Waals surface area contributed by atoms with Gasteiger partial charge in [0.15, 0.2) is 9.84 Å². The first-order valence-corrected chi connectivity index (χ1v) is 9.38. The van der Waals surface area contributed by atoms with E-state index in [0.717, 1.165) is 0 Å². The van der Waals surface area contributed by atoms with Crippen molar-refractivity contribution < 1.29 is 17.9 Å². The van der Waals surface area contributed by atoms with Gasteiger partial charge in [-0.25, -0.2) is 8.42 Å². The number of sulfone groups is 1. The van der Waals surface area contributed by atoms with Crippen molar-refractivity contribution in [1.29, 1.82) is 0 Å². The SMILES string of the molecule is C[C@]12C=C[C@H](O1)[C@]1(S(=O)(=O)c3ccccc3)[C@H]2[C@H]2C=C[C@]1(C)O2. The number of ether oxygens (including phenoxy) is 2. The summed E-state index contributed by atoms with van der Waals surface area (Å²) < 4.78 is 38.7. The molecule has 0 aliphatic carbocycles. The van der Waals surface area contributed by atoms with Gasteiger partial charge in [-0.15, -0.1) is 0 Å². The fourth-order valence-electron chi connectivity index (χ4n) is 5.22. The topological polar surface area (TPSA) is 52.6 Å². The molecule has 23 heavy (non-hydrogen) atoms. The molecule has 0 N–H and O–H groups in total. The van der Waals surface area contributed by atoms with E-state index in [-0.39, 0.29) is 12.0 Å². The van der Waals surface area contributed by atoms with Crippen molar-refractivity contribution in [2.45, 2.75) is 46.9 Å². The molecule has 6 atom stereocenters. The van der Waals surface area contributed by atoms with Gasteiger partial charge in [-0.1, -0.05) is 42.5 Å². The minimum atomic E-state index is -3.65. The molecule has 4 nitrogen and oxygen atoms in total. The van der Waals surface area contributed by atoms with Crippen LogP contribution in [0.2, 0.25) is 0 Å². The highest BCUT2D eigenvalue weighted by Gasteiger charge is 2.82. The number of hydrogen-bond donors (Lipinski definition) is 0. The van der Waals surface area contributed by atoms with Gasteiger partial charge in [-0.05, 0) is 26.0 Å². The zero-order valence-corrected chi connectivity index (χ0v) is 13.8. The average molecular weight is 330 g/mol. The summed E-state index contributed by atoms with van der Waals surface area (Å²) in [6, 6.07) is 8.68. The molecule has 0 radical (unpaired) electrons. The van der Waals surface area contributed by atoms with Crippen LogP contribution in [0, 0.1) is 5.92 Å². The molecule has 4 aliphatic heterocycles. The monoisotopic (exact) mass is 330 g/mol. The van der Waals surface area contributed by atoms with Crippen LogP contribution in [0.1, 0.15) is 13.8 Å². The quantitative estimate of drug-likeness (QED) is 0.781. The normalized spacial score (nSPS) is 49.0. The van der Waals surface area contributed by atoms with E-state index in [1.807, 2.05) is 44.2 Å². The second-order valence-corrected chi connectivity index (χ2v) is 9.37. The Balaban J connectivity index is 1.83. The summed E-state index contributed by atoms with van der Waals surface area (Å²) in [4.78, 5) is 0.337. The molecule has 120 valence electrons. The van der Waals surface area contributed by atoms with Gasteiger partial charge in [0.1, 0.15) is 16.5 Å². The van der Waals surface area contributed by atoms with Crippen molar-refractivity contribution in [1.82, 2.24) is 0 Å². The predicted octanol–water partition coefficient (Wildman–Crippen LogP) is 2.27. The molecule has 4 heterocycles. The Bertz CT molecular complexity index is 858. The summed E-state index contributed by atoms with van der Waals surface area (Å²) in [5, 5.41) is 0. The summed E-state index contributed by atoms with van der Waals surface area (Å²) in [5.74, 6) is -0.231. The summed E-state index contributed by atoms with van der Waals surface area (Å²) >= 11 is 0. The zero-order chi connectivity index (χ0) is 16.1. The van der Waals surface area contributed by atoms with E-state index in [1.165, 1.54) is 0 Å². The lowest BCUT2D eigenvalue weighted by Crippen LogP contribution is -2.63. The maximum Gasteiger partial charge on any atom is 0.190 e. The zero-order valence-electron chi connectivity index (χ0n) is 13.0. The summed E-state index contributed by atoms with van der Waals surface area (Å²) in [5.41, 5.74) is -1.47. The van der Waals surface area contributed by atoms with Crippen molar-refractivity contribution in [3.8, 4) is 0 Å².